The summed E-state index contributed by atoms with van der Waals surface area (Å²) >= 11 is 5.87. The van der Waals surface area contributed by atoms with E-state index in [9.17, 15) is 4.79 Å². The second-order valence-electron chi connectivity index (χ2n) is 4.61. The summed E-state index contributed by atoms with van der Waals surface area (Å²) in [5.74, 6) is -0.0362. The van der Waals surface area contributed by atoms with E-state index < -0.39 is 5.41 Å². The minimum atomic E-state index is -0.934. The van der Waals surface area contributed by atoms with Crippen LogP contribution >= 0.6 is 11.6 Å². The fourth-order valence-electron chi connectivity index (χ4n) is 1.58. The van der Waals surface area contributed by atoms with Crippen LogP contribution in [0.4, 0.5) is 0 Å². The molecule has 1 aromatic carbocycles. The number of hydrogen-bond acceptors (Lipinski definition) is 5. The van der Waals surface area contributed by atoms with Gasteiger partial charge in [0, 0.05) is 5.02 Å². The van der Waals surface area contributed by atoms with Crippen LogP contribution in [0.2, 0.25) is 5.02 Å². The lowest BCUT2D eigenvalue weighted by Gasteiger charge is -2.19. The Morgan fingerprint density at radius 2 is 2.05 bits per heavy atom. The Morgan fingerprint density at radius 3 is 2.74 bits per heavy atom. The van der Waals surface area contributed by atoms with Crippen LogP contribution in [-0.4, -0.2) is 27.8 Å². The molecule has 1 heterocycles. The molecular weight excluding hydrogens is 266 g/mol. The van der Waals surface area contributed by atoms with Crippen LogP contribution in [0.3, 0.4) is 0 Å². The minimum absolute atomic E-state index is 0.318. The van der Waals surface area contributed by atoms with Gasteiger partial charge < -0.3 is 4.74 Å². The first kappa shape index (κ1) is 13.7. The predicted octanol–water partition coefficient (Wildman–Crippen LogP) is 2.52. The number of hydrogen-bond donors (Lipinski definition) is 0. The van der Waals surface area contributed by atoms with E-state index in [1.54, 1.807) is 39.0 Å². The molecule has 0 amide bonds. The van der Waals surface area contributed by atoms with Gasteiger partial charge in [0.05, 0.1) is 12.1 Å². The number of carbonyl (C=O) groups is 1. The van der Waals surface area contributed by atoms with Crippen molar-refractivity contribution in [1.82, 2.24) is 15.2 Å². The smallest absolute Gasteiger partial charge is 0.319 e. The van der Waals surface area contributed by atoms with Crippen LogP contribution in [-0.2, 0) is 14.9 Å². The summed E-state index contributed by atoms with van der Waals surface area (Å²) in [6.07, 6.45) is 0. The number of fused-ring (bicyclic) bond motifs is 1. The third-order valence-electron chi connectivity index (χ3n) is 2.76. The van der Waals surface area contributed by atoms with E-state index in [4.69, 9.17) is 16.3 Å². The predicted molar refractivity (Wildman–Crippen MR) is 72.0 cm³/mol. The number of esters is 1. The van der Waals surface area contributed by atoms with Crippen molar-refractivity contribution in [3.63, 3.8) is 0 Å². The molecular formula is C13H14ClN3O2. The van der Waals surface area contributed by atoms with Gasteiger partial charge in [-0.2, -0.15) is 0 Å². The lowest BCUT2D eigenvalue weighted by atomic mass is 9.92. The van der Waals surface area contributed by atoms with E-state index >= 15 is 0 Å². The average Bonchev–Trinajstić information content (AvgIpc) is 2.38. The van der Waals surface area contributed by atoms with Gasteiger partial charge in [0.1, 0.15) is 10.9 Å². The maximum absolute atomic E-state index is 11.9. The SMILES string of the molecule is CCOC(=O)C(C)(C)c1nnc2cc(Cl)ccc2n1. The highest BCUT2D eigenvalue weighted by Gasteiger charge is 2.35. The second-order valence-corrected chi connectivity index (χ2v) is 5.05. The summed E-state index contributed by atoms with van der Waals surface area (Å²) in [5, 5.41) is 8.62. The number of nitrogens with zero attached hydrogens (tertiary/aromatic N) is 3. The molecule has 0 unspecified atom stereocenters. The molecule has 19 heavy (non-hydrogen) atoms. The fourth-order valence-corrected chi connectivity index (χ4v) is 1.74. The molecule has 0 aliphatic rings. The summed E-state index contributed by atoms with van der Waals surface area (Å²) in [6, 6.07) is 5.15. The normalized spacial score (nSPS) is 11.6. The molecule has 0 bridgehead atoms. The van der Waals surface area contributed by atoms with Crippen molar-refractivity contribution < 1.29 is 9.53 Å². The third-order valence-corrected chi connectivity index (χ3v) is 3.00. The van der Waals surface area contributed by atoms with Crippen molar-refractivity contribution in [3.8, 4) is 0 Å². The number of carbonyl (C=O) groups excluding carboxylic acids is 1. The Bertz CT molecular complexity index is 628. The molecule has 2 aromatic rings. The maximum Gasteiger partial charge on any atom is 0.319 e. The highest BCUT2D eigenvalue weighted by Crippen LogP contribution is 2.23. The fraction of sp³-hybridized carbons (Fsp3) is 0.385. The molecule has 0 atom stereocenters. The first-order chi connectivity index (χ1) is 8.95. The van der Waals surface area contributed by atoms with E-state index in [-0.39, 0.29) is 5.97 Å². The molecule has 2 rings (SSSR count). The third kappa shape index (κ3) is 2.66. The van der Waals surface area contributed by atoms with Crippen LogP contribution in [0, 0.1) is 0 Å². The topological polar surface area (TPSA) is 65.0 Å². The number of benzene rings is 1. The van der Waals surface area contributed by atoms with Gasteiger partial charge in [-0.1, -0.05) is 11.6 Å². The Hall–Kier alpha value is -1.75. The summed E-state index contributed by atoms with van der Waals surface area (Å²) in [6.45, 7) is 5.50. The standard InChI is InChI=1S/C13H14ClN3O2/c1-4-19-12(18)13(2,3)11-15-9-6-5-8(14)7-10(9)16-17-11/h5-7H,4H2,1-3H3. The van der Waals surface area contributed by atoms with Gasteiger partial charge >= 0.3 is 5.97 Å². The number of rotatable bonds is 3. The summed E-state index contributed by atoms with van der Waals surface area (Å²) in [7, 11) is 0. The minimum Gasteiger partial charge on any atom is -0.465 e. The van der Waals surface area contributed by atoms with Crippen LogP contribution < -0.4 is 0 Å². The van der Waals surface area contributed by atoms with Gasteiger partial charge in [-0.05, 0) is 39.0 Å². The van der Waals surface area contributed by atoms with Crippen molar-refractivity contribution in [1.29, 1.82) is 0 Å². The largest absolute Gasteiger partial charge is 0.465 e. The lowest BCUT2D eigenvalue weighted by molar-refractivity contribution is -0.149. The Kier molecular flexibility index (Phi) is 3.66. The number of halogens is 1. The zero-order valence-electron chi connectivity index (χ0n) is 11.0. The quantitative estimate of drug-likeness (QED) is 0.808. The molecule has 0 saturated carbocycles. The van der Waals surface area contributed by atoms with Crippen molar-refractivity contribution in [2.45, 2.75) is 26.2 Å². The molecule has 0 saturated heterocycles. The van der Waals surface area contributed by atoms with Crippen molar-refractivity contribution in [2.75, 3.05) is 6.61 Å². The molecule has 0 radical (unpaired) electrons. The monoisotopic (exact) mass is 279 g/mol. The van der Waals surface area contributed by atoms with Gasteiger partial charge in [-0.3, -0.25) is 4.79 Å². The molecule has 100 valence electrons. The molecule has 0 aliphatic heterocycles. The molecule has 0 N–H and O–H groups in total. The lowest BCUT2D eigenvalue weighted by Crippen LogP contribution is -2.33. The van der Waals surface area contributed by atoms with Gasteiger partial charge in [0.25, 0.3) is 0 Å². The average molecular weight is 280 g/mol. The van der Waals surface area contributed by atoms with Gasteiger partial charge in [-0.15, -0.1) is 10.2 Å². The molecule has 0 fully saturated rings. The summed E-state index contributed by atoms with van der Waals surface area (Å²) < 4.78 is 5.02. The Balaban J connectivity index is 2.45. The molecule has 5 nitrogen and oxygen atoms in total. The Labute approximate surface area is 116 Å². The van der Waals surface area contributed by atoms with Crippen molar-refractivity contribution >= 4 is 28.6 Å². The van der Waals surface area contributed by atoms with Crippen molar-refractivity contribution in [3.05, 3.63) is 29.0 Å². The highest BCUT2D eigenvalue weighted by molar-refractivity contribution is 6.31. The van der Waals surface area contributed by atoms with Crippen LogP contribution in [0.15, 0.2) is 18.2 Å². The van der Waals surface area contributed by atoms with E-state index in [0.717, 1.165) is 0 Å². The van der Waals surface area contributed by atoms with E-state index in [1.165, 1.54) is 0 Å². The molecule has 6 heteroatoms. The van der Waals surface area contributed by atoms with E-state index in [2.05, 4.69) is 15.2 Å². The van der Waals surface area contributed by atoms with Crippen LogP contribution in [0.5, 0.6) is 0 Å². The van der Waals surface area contributed by atoms with Crippen molar-refractivity contribution in [2.24, 2.45) is 0 Å². The summed E-state index contributed by atoms with van der Waals surface area (Å²) in [5.41, 5.74) is 0.305. The Morgan fingerprint density at radius 1 is 1.32 bits per heavy atom. The molecule has 0 aliphatic carbocycles. The van der Waals surface area contributed by atoms with Gasteiger partial charge in [-0.25, -0.2) is 4.98 Å². The van der Waals surface area contributed by atoms with Gasteiger partial charge in [0.2, 0.25) is 0 Å². The number of ether oxygens (including phenoxy) is 1. The first-order valence-electron chi connectivity index (χ1n) is 5.93. The van der Waals surface area contributed by atoms with Crippen LogP contribution in [0.1, 0.15) is 26.6 Å². The zero-order chi connectivity index (χ0) is 14.0. The highest BCUT2D eigenvalue weighted by atomic mass is 35.5. The van der Waals surface area contributed by atoms with E-state index in [0.29, 0.717) is 28.5 Å². The number of aromatic nitrogens is 3. The van der Waals surface area contributed by atoms with Gasteiger partial charge in [0.15, 0.2) is 5.82 Å². The van der Waals surface area contributed by atoms with E-state index in [1.807, 2.05) is 0 Å². The molecule has 1 aromatic heterocycles. The molecule has 0 spiro atoms. The van der Waals surface area contributed by atoms with Crippen LogP contribution in [0.25, 0.3) is 11.0 Å². The zero-order valence-corrected chi connectivity index (χ0v) is 11.7. The maximum atomic E-state index is 11.9. The second kappa shape index (κ2) is 5.09. The first-order valence-corrected chi connectivity index (χ1v) is 6.30. The summed E-state index contributed by atoms with van der Waals surface area (Å²) in [4.78, 5) is 16.3.